The second kappa shape index (κ2) is 6.83. The van der Waals surface area contributed by atoms with Crippen LogP contribution < -0.4 is 16.3 Å². The summed E-state index contributed by atoms with van der Waals surface area (Å²) in [5.41, 5.74) is -1.78. The van der Waals surface area contributed by atoms with Crippen LogP contribution in [-0.4, -0.2) is 6.03 Å². The lowest BCUT2D eigenvalue weighted by Gasteiger charge is -2.11. The van der Waals surface area contributed by atoms with Crippen molar-refractivity contribution >= 4 is 44.3 Å². The van der Waals surface area contributed by atoms with Gasteiger partial charge >= 0.3 is 17.8 Å². The van der Waals surface area contributed by atoms with Gasteiger partial charge in [0.05, 0.1) is 5.56 Å². The highest BCUT2D eigenvalue weighted by molar-refractivity contribution is 9.10. The summed E-state index contributed by atoms with van der Waals surface area (Å²) >= 11 is 3.27. The number of urea groups is 1. The Balaban J connectivity index is 1.86. The van der Waals surface area contributed by atoms with Gasteiger partial charge in [0.15, 0.2) is 0 Å². The summed E-state index contributed by atoms with van der Waals surface area (Å²) in [6, 6.07) is 10.2. The fourth-order valence-electron chi connectivity index (χ4n) is 2.30. The number of halogens is 4. The van der Waals surface area contributed by atoms with E-state index in [0.717, 1.165) is 16.6 Å². The maximum atomic E-state index is 13.0. The van der Waals surface area contributed by atoms with E-state index in [9.17, 15) is 22.8 Å². The van der Waals surface area contributed by atoms with Gasteiger partial charge in [-0.3, -0.25) is 0 Å². The van der Waals surface area contributed by atoms with Gasteiger partial charge in [-0.25, -0.2) is 9.59 Å². The molecular weight excluding hydrogens is 417 g/mol. The third-order valence-electron chi connectivity index (χ3n) is 3.41. The first-order valence-corrected chi connectivity index (χ1v) is 8.00. The van der Waals surface area contributed by atoms with Gasteiger partial charge in [-0.15, -0.1) is 0 Å². The predicted molar refractivity (Wildman–Crippen MR) is 94.3 cm³/mol. The number of carbonyl (C=O) groups excluding carboxylic acids is 1. The minimum atomic E-state index is -4.69. The largest absolute Gasteiger partial charge is 0.423 e. The van der Waals surface area contributed by atoms with E-state index in [1.165, 1.54) is 6.07 Å². The van der Waals surface area contributed by atoms with Gasteiger partial charge < -0.3 is 15.1 Å². The van der Waals surface area contributed by atoms with Crippen LogP contribution in [0, 0.1) is 0 Å². The summed E-state index contributed by atoms with van der Waals surface area (Å²) in [6.07, 6.45) is -4.69. The highest BCUT2D eigenvalue weighted by atomic mass is 79.9. The molecule has 0 bridgehead atoms. The molecule has 0 fully saturated rings. The van der Waals surface area contributed by atoms with Crippen LogP contribution >= 0.6 is 15.9 Å². The molecule has 3 rings (SSSR count). The average Bonchev–Trinajstić information content (AvgIpc) is 2.55. The molecule has 5 nitrogen and oxygen atoms in total. The molecule has 1 aromatic heterocycles. The van der Waals surface area contributed by atoms with Crippen LogP contribution in [0.25, 0.3) is 11.0 Å². The molecule has 1 heterocycles. The Morgan fingerprint density at radius 3 is 2.23 bits per heavy atom. The number of anilines is 2. The van der Waals surface area contributed by atoms with Crippen LogP contribution in [0.5, 0.6) is 0 Å². The number of carbonyl (C=O) groups is 1. The van der Waals surface area contributed by atoms with Crippen molar-refractivity contribution in [3.05, 3.63) is 69.0 Å². The van der Waals surface area contributed by atoms with E-state index >= 15 is 0 Å². The normalized spacial score (nSPS) is 11.4. The van der Waals surface area contributed by atoms with Crippen molar-refractivity contribution in [2.45, 2.75) is 6.18 Å². The molecule has 0 aliphatic rings. The minimum absolute atomic E-state index is 0.176. The third-order valence-corrected chi connectivity index (χ3v) is 3.94. The summed E-state index contributed by atoms with van der Waals surface area (Å²) in [5, 5.41) is 4.77. The summed E-state index contributed by atoms with van der Waals surface area (Å²) in [6.45, 7) is 0. The van der Waals surface area contributed by atoms with Crippen molar-refractivity contribution in [3.63, 3.8) is 0 Å². The molecule has 0 unspecified atom stereocenters. The lowest BCUT2D eigenvalue weighted by atomic mass is 10.1. The third kappa shape index (κ3) is 4.05. The summed E-state index contributed by atoms with van der Waals surface area (Å²) in [4.78, 5) is 23.4. The highest BCUT2D eigenvalue weighted by Crippen LogP contribution is 2.34. The van der Waals surface area contributed by atoms with E-state index in [-0.39, 0.29) is 16.7 Å². The topological polar surface area (TPSA) is 71.3 Å². The Labute approximate surface area is 152 Å². The zero-order chi connectivity index (χ0) is 18.9. The van der Waals surface area contributed by atoms with Crippen molar-refractivity contribution in [2.75, 3.05) is 10.6 Å². The Hall–Kier alpha value is -2.81. The fourth-order valence-corrected chi connectivity index (χ4v) is 2.57. The van der Waals surface area contributed by atoms with E-state index in [0.29, 0.717) is 11.8 Å². The predicted octanol–water partition coefficient (Wildman–Crippen LogP) is 5.22. The zero-order valence-corrected chi connectivity index (χ0v) is 14.4. The van der Waals surface area contributed by atoms with Crippen LogP contribution in [0.4, 0.5) is 29.3 Å². The minimum Gasteiger partial charge on any atom is -0.423 e. The van der Waals surface area contributed by atoms with Gasteiger partial charge in [0.1, 0.15) is 5.58 Å². The molecule has 0 atom stereocenters. The molecule has 9 heteroatoms. The summed E-state index contributed by atoms with van der Waals surface area (Å²) in [7, 11) is 0. The number of hydrogen-bond acceptors (Lipinski definition) is 3. The Morgan fingerprint density at radius 1 is 0.962 bits per heavy atom. The smallest absolute Gasteiger partial charge is 0.417 e. The van der Waals surface area contributed by atoms with Gasteiger partial charge in [-0.2, -0.15) is 13.2 Å². The number of rotatable bonds is 2. The molecule has 2 N–H and O–H groups in total. The average molecular weight is 427 g/mol. The van der Waals surface area contributed by atoms with E-state index in [1.807, 2.05) is 0 Å². The standard InChI is InChI=1S/C17H10BrF3N2O3/c18-9-1-3-10(4-2-9)22-16(25)23-11-5-6-12-13(17(19,20)21)8-15(24)26-14(12)7-11/h1-8H,(H2,22,23,25). The van der Waals surface area contributed by atoms with E-state index < -0.39 is 23.4 Å². The van der Waals surface area contributed by atoms with Crippen LogP contribution in [0.15, 0.2) is 62.2 Å². The van der Waals surface area contributed by atoms with Crippen molar-refractivity contribution in [2.24, 2.45) is 0 Å². The van der Waals surface area contributed by atoms with Crippen molar-refractivity contribution in [1.29, 1.82) is 0 Å². The maximum absolute atomic E-state index is 13.0. The molecule has 0 aliphatic carbocycles. The number of benzene rings is 2. The molecular formula is C17H10BrF3N2O3. The van der Waals surface area contributed by atoms with Gasteiger partial charge in [0.2, 0.25) is 0 Å². The van der Waals surface area contributed by atoms with Gasteiger partial charge in [0, 0.05) is 33.4 Å². The molecule has 3 aromatic rings. The summed E-state index contributed by atoms with van der Waals surface area (Å²) in [5.74, 6) is 0. The molecule has 0 aliphatic heterocycles. The van der Waals surface area contributed by atoms with Gasteiger partial charge in [-0.05, 0) is 36.4 Å². The molecule has 2 aromatic carbocycles. The van der Waals surface area contributed by atoms with E-state index in [2.05, 4.69) is 26.6 Å². The zero-order valence-electron chi connectivity index (χ0n) is 12.9. The Bertz CT molecular complexity index is 1030. The second-order valence-corrected chi connectivity index (χ2v) is 6.19. The fraction of sp³-hybridized carbons (Fsp3) is 0.0588. The lowest BCUT2D eigenvalue weighted by Crippen LogP contribution is -2.19. The SMILES string of the molecule is O=C(Nc1ccc(Br)cc1)Nc1ccc2c(C(F)(F)F)cc(=O)oc2c1. The molecule has 26 heavy (non-hydrogen) atoms. The Kier molecular flexibility index (Phi) is 4.73. The van der Waals surface area contributed by atoms with Crippen LogP contribution in [0.3, 0.4) is 0 Å². The first-order valence-electron chi connectivity index (χ1n) is 7.21. The van der Waals surface area contributed by atoms with Crippen LogP contribution in [0.2, 0.25) is 0 Å². The Morgan fingerprint density at radius 2 is 1.58 bits per heavy atom. The van der Waals surface area contributed by atoms with E-state index in [1.54, 1.807) is 24.3 Å². The van der Waals surface area contributed by atoms with Crippen LogP contribution in [0.1, 0.15) is 5.56 Å². The van der Waals surface area contributed by atoms with Crippen molar-refractivity contribution < 1.29 is 22.4 Å². The molecule has 0 saturated heterocycles. The van der Waals surface area contributed by atoms with Crippen LogP contribution in [-0.2, 0) is 6.18 Å². The molecule has 134 valence electrons. The number of nitrogens with one attached hydrogen (secondary N) is 2. The molecule has 0 spiro atoms. The van der Waals surface area contributed by atoms with E-state index in [4.69, 9.17) is 4.42 Å². The summed E-state index contributed by atoms with van der Waals surface area (Å²) < 4.78 is 44.7. The number of alkyl halides is 3. The van der Waals surface area contributed by atoms with Gasteiger partial charge in [-0.1, -0.05) is 15.9 Å². The molecule has 0 saturated carbocycles. The number of fused-ring (bicyclic) bond motifs is 1. The second-order valence-electron chi connectivity index (χ2n) is 5.27. The van der Waals surface area contributed by atoms with Crippen molar-refractivity contribution in [1.82, 2.24) is 0 Å². The van der Waals surface area contributed by atoms with Gasteiger partial charge in [0.25, 0.3) is 0 Å². The highest BCUT2D eigenvalue weighted by Gasteiger charge is 2.33. The maximum Gasteiger partial charge on any atom is 0.417 e. The lowest BCUT2D eigenvalue weighted by molar-refractivity contribution is -0.136. The number of hydrogen-bond donors (Lipinski definition) is 2. The quantitative estimate of drug-likeness (QED) is 0.551. The van der Waals surface area contributed by atoms with Crippen molar-refractivity contribution in [3.8, 4) is 0 Å². The monoisotopic (exact) mass is 426 g/mol. The molecule has 2 amide bonds. The molecule has 0 radical (unpaired) electrons. The number of amides is 2. The first-order chi connectivity index (χ1) is 12.2. The first kappa shape index (κ1) is 18.0.